The van der Waals surface area contributed by atoms with Crippen molar-refractivity contribution in [1.29, 1.82) is 0 Å². The van der Waals surface area contributed by atoms with Gasteiger partial charge in [-0.05, 0) is 42.0 Å². The molecule has 0 unspecified atom stereocenters. The minimum absolute atomic E-state index is 0.192. The lowest BCUT2D eigenvalue weighted by atomic mass is 10.1. The molecule has 6 nitrogen and oxygen atoms in total. The second-order valence-electron chi connectivity index (χ2n) is 6.87. The molecule has 7 heteroatoms. The van der Waals surface area contributed by atoms with Crippen LogP contribution in [-0.4, -0.2) is 44.3 Å². The first kappa shape index (κ1) is 19.1. The maximum absolute atomic E-state index is 14.7. The van der Waals surface area contributed by atoms with Crippen molar-refractivity contribution in [3.05, 3.63) is 59.9 Å². The highest BCUT2D eigenvalue weighted by molar-refractivity contribution is 5.95. The van der Waals surface area contributed by atoms with E-state index in [1.807, 2.05) is 24.3 Å². The number of nitrogens with zero attached hydrogens (tertiary/aromatic N) is 2. The van der Waals surface area contributed by atoms with Gasteiger partial charge in [-0.2, -0.15) is 0 Å². The van der Waals surface area contributed by atoms with E-state index in [9.17, 15) is 9.18 Å². The van der Waals surface area contributed by atoms with Crippen molar-refractivity contribution < 1.29 is 18.7 Å². The third-order valence-electron chi connectivity index (χ3n) is 4.87. The third kappa shape index (κ3) is 4.46. The quantitative estimate of drug-likeness (QED) is 0.717. The maximum atomic E-state index is 14.7. The number of halogens is 1. The van der Waals surface area contributed by atoms with Gasteiger partial charge in [0.05, 0.1) is 26.7 Å². The molecule has 0 spiro atoms. The summed E-state index contributed by atoms with van der Waals surface area (Å²) in [4.78, 5) is 18.9. The molecule has 0 aliphatic carbocycles. The highest BCUT2D eigenvalue weighted by atomic mass is 19.1. The summed E-state index contributed by atoms with van der Waals surface area (Å²) >= 11 is 0. The molecule has 3 aromatic rings. The lowest BCUT2D eigenvalue weighted by Gasteiger charge is -2.28. The number of anilines is 2. The molecule has 1 saturated heterocycles. The number of methoxy groups -OCH3 is 1. The van der Waals surface area contributed by atoms with E-state index in [2.05, 4.69) is 15.2 Å². The number of aromatic nitrogens is 1. The summed E-state index contributed by atoms with van der Waals surface area (Å²) < 4.78 is 25.1. The van der Waals surface area contributed by atoms with Crippen LogP contribution >= 0.6 is 0 Å². The molecule has 150 valence electrons. The van der Waals surface area contributed by atoms with Crippen LogP contribution in [-0.2, 0) is 16.0 Å². The number of carbonyl (C=O) groups excluding carboxylic acids is 1. The molecule has 1 aromatic heterocycles. The molecular weight excluding hydrogens is 373 g/mol. The summed E-state index contributed by atoms with van der Waals surface area (Å²) in [5, 5.41) is 3.41. The monoisotopic (exact) mass is 395 g/mol. The van der Waals surface area contributed by atoms with Crippen LogP contribution in [0, 0.1) is 5.82 Å². The zero-order valence-electron chi connectivity index (χ0n) is 16.2. The second kappa shape index (κ2) is 8.45. The van der Waals surface area contributed by atoms with Gasteiger partial charge in [0, 0.05) is 24.2 Å². The molecule has 1 N–H and O–H groups in total. The second-order valence-corrected chi connectivity index (χ2v) is 6.87. The van der Waals surface area contributed by atoms with Crippen molar-refractivity contribution in [3.63, 3.8) is 0 Å². The van der Waals surface area contributed by atoms with Gasteiger partial charge in [0.1, 0.15) is 17.1 Å². The smallest absolute Gasteiger partial charge is 0.228 e. The van der Waals surface area contributed by atoms with Crippen molar-refractivity contribution in [1.82, 2.24) is 4.98 Å². The topological polar surface area (TPSA) is 63.7 Å². The van der Waals surface area contributed by atoms with E-state index in [1.165, 1.54) is 6.07 Å². The number of benzene rings is 2. The average molecular weight is 395 g/mol. The Balaban J connectivity index is 1.49. The molecule has 0 bridgehead atoms. The van der Waals surface area contributed by atoms with Crippen LogP contribution in [0.15, 0.2) is 48.5 Å². The van der Waals surface area contributed by atoms with E-state index in [4.69, 9.17) is 9.47 Å². The minimum Gasteiger partial charge on any atom is -0.497 e. The summed E-state index contributed by atoms with van der Waals surface area (Å²) in [5.74, 6) is 0.787. The van der Waals surface area contributed by atoms with Crippen LogP contribution < -0.4 is 15.0 Å². The molecule has 4 rings (SSSR count). The lowest BCUT2D eigenvalue weighted by Crippen LogP contribution is -2.36. The summed E-state index contributed by atoms with van der Waals surface area (Å²) in [6.45, 7) is 2.75. The lowest BCUT2D eigenvalue weighted by molar-refractivity contribution is -0.115. The highest BCUT2D eigenvalue weighted by Gasteiger charge is 2.15. The highest BCUT2D eigenvalue weighted by Crippen LogP contribution is 2.25. The van der Waals surface area contributed by atoms with Gasteiger partial charge in [-0.15, -0.1) is 0 Å². The van der Waals surface area contributed by atoms with Gasteiger partial charge < -0.3 is 19.7 Å². The van der Waals surface area contributed by atoms with Gasteiger partial charge in [-0.1, -0.05) is 12.1 Å². The van der Waals surface area contributed by atoms with E-state index in [0.29, 0.717) is 29.8 Å². The Hall–Kier alpha value is -3.19. The van der Waals surface area contributed by atoms with E-state index < -0.39 is 5.82 Å². The van der Waals surface area contributed by atoms with Crippen LogP contribution in [0.1, 0.15) is 5.56 Å². The van der Waals surface area contributed by atoms with Crippen LogP contribution in [0.4, 0.5) is 15.9 Å². The zero-order valence-corrected chi connectivity index (χ0v) is 16.2. The Kier molecular flexibility index (Phi) is 5.57. The number of ether oxygens (including phenoxy) is 2. The number of fused-ring (bicyclic) bond motifs is 1. The number of rotatable bonds is 5. The molecule has 29 heavy (non-hydrogen) atoms. The Labute approximate surface area is 168 Å². The molecular formula is C22H22FN3O3. The summed E-state index contributed by atoms with van der Waals surface area (Å²) in [6.07, 6.45) is 0.192. The van der Waals surface area contributed by atoms with E-state index in [0.717, 1.165) is 30.2 Å². The largest absolute Gasteiger partial charge is 0.497 e. The average Bonchev–Trinajstić information content (AvgIpc) is 2.74. The van der Waals surface area contributed by atoms with Crippen LogP contribution in [0.5, 0.6) is 5.75 Å². The maximum Gasteiger partial charge on any atom is 0.228 e. The Morgan fingerprint density at radius 3 is 2.66 bits per heavy atom. The van der Waals surface area contributed by atoms with E-state index >= 15 is 0 Å². The first-order valence-electron chi connectivity index (χ1n) is 9.48. The molecule has 1 aliphatic rings. The Morgan fingerprint density at radius 1 is 1.17 bits per heavy atom. The summed E-state index contributed by atoms with van der Waals surface area (Å²) in [7, 11) is 1.59. The van der Waals surface area contributed by atoms with Gasteiger partial charge in [-0.3, -0.25) is 4.79 Å². The van der Waals surface area contributed by atoms with Gasteiger partial charge in [0.15, 0.2) is 5.82 Å². The fourth-order valence-corrected chi connectivity index (χ4v) is 3.36. The number of morpholine rings is 1. The predicted molar refractivity (Wildman–Crippen MR) is 110 cm³/mol. The fraction of sp³-hybridized carbons (Fsp3) is 0.273. The SMILES string of the molecule is COc1ccc(CC(=O)Nc2cc(F)c3nc(N4CCOCC4)ccc3c2)cc1. The zero-order chi connectivity index (χ0) is 20.2. The van der Waals surface area contributed by atoms with Crippen molar-refractivity contribution in [2.24, 2.45) is 0 Å². The van der Waals surface area contributed by atoms with Gasteiger partial charge >= 0.3 is 0 Å². The first-order chi connectivity index (χ1) is 14.1. The summed E-state index contributed by atoms with van der Waals surface area (Å²) in [5.41, 5.74) is 1.55. The molecule has 0 atom stereocenters. The molecule has 2 heterocycles. The number of hydrogen-bond donors (Lipinski definition) is 1. The number of amides is 1. The van der Waals surface area contributed by atoms with E-state index in [-0.39, 0.29) is 12.3 Å². The molecule has 0 saturated carbocycles. The Morgan fingerprint density at radius 2 is 1.93 bits per heavy atom. The number of pyridine rings is 1. The van der Waals surface area contributed by atoms with Gasteiger partial charge in [-0.25, -0.2) is 9.37 Å². The van der Waals surface area contributed by atoms with E-state index in [1.54, 1.807) is 25.3 Å². The van der Waals surface area contributed by atoms with Crippen molar-refractivity contribution >= 4 is 28.3 Å². The van der Waals surface area contributed by atoms with Gasteiger partial charge in [0.25, 0.3) is 0 Å². The molecule has 2 aromatic carbocycles. The molecule has 1 amide bonds. The predicted octanol–water partition coefficient (Wildman–Crippen LogP) is 3.40. The first-order valence-corrected chi connectivity index (χ1v) is 9.48. The minimum atomic E-state index is -0.461. The summed E-state index contributed by atoms with van der Waals surface area (Å²) in [6, 6.07) is 14.0. The van der Waals surface area contributed by atoms with Crippen LogP contribution in [0.2, 0.25) is 0 Å². The van der Waals surface area contributed by atoms with Crippen LogP contribution in [0.25, 0.3) is 10.9 Å². The Bertz CT molecular complexity index is 1020. The molecule has 1 aliphatic heterocycles. The molecule has 1 fully saturated rings. The fourth-order valence-electron chi connectivity index (χ4n) is 3.36. The van der Waals surface area contributed by atoms with Crippen molar-refractivity contribution in [2.45, 2.75) is 6.42 Å². The normalized spacial score (nSPS) is 14.1. The standard InChI is InChI=1S/C22H22FN3O3/c1-28-18-5-2-15(3-6-18)12-21(27)24-17-13-16-4-7-20(25-22(16)19(23)14-17)26-8-10-29-11-9-26/h2-7,13-14H,8-12H2,1H3,(H,24,27). The third-order valence-corrected chi connectivity index (χ3v) is 4.87. The number of nitrogens with one attached hydrogen (secondary N) is 1. The number of hydrogen-bond acceptors (Lipinski definition) is 5. The molecule has 0 radical (unpaired) electrons. The number of carbonyl (C=O) groups is 1. The van der Waals surface area contributed by atoms with Crippen LogP contribution in [0.3, 0.4) is 0 Å². The van der Waals surface area contributed by atoms with Crippen molar-refractivity contribution in [3.8, 4) is 5.75 Å². The van der Waals surface area contributed by atoms with Gasteiger partial charge in [0.2, 0.25) is 5.91 Å². The van der Waals surface area contributed by atoms with Crippen molar-refractivity contribution in [2.75, 3.05) is 43.6 Å².